The number of carbonyl (C=O) groups is 1. The normalized spacial score (nSPS) is 42.9. The van der Waals surface area contributed by atoms with Crippen molar-refractivity contribution in [2.75, 3.05) is 0 Å². The van der Waals surface area contributed by atoms with Crippen molar-refractivity contribution in [2.45, 2.75) is 95.9 Å². The molecule has 0 spiro atoms. The molecule has 4 aliphatic rings. The van der Waals surface area contributed by atoms with E-state index in [4.69, 9.17) is 28.4 Å². The van der Waals surface area contributed by atoms with Crippen molar-refractivity contribution in [3.05, 3.63) is 34.4 Å². The maximum atomic E-state index is 12.5. The molecule has 208 valence electrons. The van der Waals surface area contributed by atoms with Gasteiger partial charge in [-0.25, -0.2) is 9.36 Å². The summed E-state index contributed by atoms with van der Waals surface area (Å²) in [6, 6.07) is 3.17. The van der Waals surface area contributed by atoms with Crippen LogP contribution < -0.4 is 5.63 Å². The van der Waals surface area contributed by atoms with Crippen LogP contribution in [0.5, 0.6) is 0 Å². The lowest BCUT2D eigenvalue weighted by atomic mass is 9.43. The number of hydrogen-bond donors (Lipinski definition) is 5. The van der Waals surface area contributed by atoms with Crippen LogP contribution in [0, 0.1) is 28.6 Å². The number of aliphatic hydroxyl groups is 2. The predicted octanol–water partition coefficient (Wildman–Crippen LogP) is 2.85. The zero-order valence-corrected chi connectivity index (χ0v) is 22.5. The fourth-order valence-corrected chi connectivity index (χ4v) is 8.67. The Labute approximate surface area is 216 Å². The van der Waals surface area contributed by atoms with Crippen molar-refractivity contribution < 1.29 is 43.4 Å². The van der Waals surface area contributed by atoms with Gasteiger partial charge in [0.1, 0.15) is 6.10 Å². The third-order valence-corrected chi connectivity index (χ3v) is 10.2. The van der Waals surface area contributed by atoms with Gasteiger partial charge >= 0.3 is 19.4 Å². The Morgan fingerprint density at radius 3 is 2.35 bits per heavy atom. The number of fused-ring (bicyclic) bond motifs is 5. The van der Waals surface area contributed by atoms with Crippen LogP contribution in [0.4, 0.5) is 0 Å². The molecule has 0 radical (unpaired) electrons. The molecule has 4 fully saturated rings. The van der Waals surface area contributed by atoms with E-state index in [0.717, 1.165) is 50.5 Å². The first-order chi connectivity index (χ1) is 17.1. The van der Waals surface area contributed by atoms with Gasteiger partial charge in [-0.1, -0.05) is 13.8 Å². The quantitative estimate of drug-likeness (QED) is 0.276. The molecule has 9 atom stereocenters. The van der Waals surface area contributed by atoms with Crippen molar-refractivity contribution >= 4 is 13.8 Å². The summed E-state index contributed by atoms with van der Waals surface area (Å²) in [5.41, 5.74) is -0.903. The second kappa shape index (κ2) is 9.88. The van der Waals surface area contributed by atoms with Crippen molar-refractivity contribution in [1.29, 1.82) is 0 Å². The van der Waals surface area contributed by atoms with Crippen LogP contribution in [0.25, 0.3) is 0 Å². The smallest absolute Gasteiger partial charge is 0.462 e. The van der Waals surface area contributed by atoms with Gasteiger partial charge in [0.15, 0.2) is 0 Å². The molecule has 11 heteroatoms. The largest absolute Gasteiger partial charge is 0.466 e. The first-order valence-corrected chi connectivity index (χ1v) is 14.6. The van der Waals surface area contributed by atoms with Crippen LogP contribution in [0.15, 0.2) is 27.6 Å². The summed E-state index contributed by atoms with van der Waals surface area (Å²) < 4.78 is 19.9. The maximum Gasteiger partial charge on any atom is 0.466 e. The lowest BCUT2D eigenvalue weighted by Crippen LogP contribution is -2.62. The lowest BCUT2D eigenvalue weighted by Gasteiger charge is -2.63. The SMILES string of the molecule is CC(=O)O[C@H]1C[C@]2(O)[C@@H]3CC[C@@H]4C[C@@H](O)CC[C@]4(C)[C@H]3CC[C@]2(C)[C@H]1c1ccc(=O)oc1.O=P(O)(O)O. The van der Waals surface area contributed by atoms with Crippen LogP contribution >= 0.6 is 7.82 Å². The first-order valence-electron chi connectivity index (χ1n) is 13.0. The lowest BCUT2D eigenvalue weighted by molar-refractivity contribution is -0.205. The molecule has 0 bridgehead atoms. The second-order valence-corrected chi connectivity index (χ2v) is 13.1. The molecular formula is C26H39O10P. The molecule has 4 aliphatic carbocycles. The van der Waals surface area contributed by atoms with Crippen LogP contribution in [0.2, 0.25) is 0 Å². The minimum atomic E-state index is -4.64. The monoisotopic (exact) mass is 542 g/mol. The Hall–Kier alpha value is -1.55. The number of ether oxygens (including phenoxy) is 1. The van der Waals surface area contributed by atoms with E-state index in [1.807, 2.05) is 0 Å². The molecule has 0 unspecified atom stereocenters. The molecule has 1 heterocycles. The van der Waals surface area contributed by atoms with E-state index in [0.29, 0.717) is 18.3 Å². The zero-order valence-electron chi connectivity index (χ0n) is 21.6. The van der Waals surface area contributed by atoms with Crippen molar-refractivity contribution in [2.24, 2.45) is 28.6 Å². The van der Waals surface area contributed by atoms with Gasteiger partial charge in [-0.3, -0.25) is 4.79 Å². The molecule has 0 saturated heterocycles. The van der Waals surface area contributed by atoms with Gasteiger partial charge in [-0.15, -0.1) is 0 Å². The van der Waals surface area contributed by atoms with Gasteiger partial charge in [0.25, 0.3) is 0 Å². The number of phosphoric acid groups is 1. The molecule has 10 nitrogen and oxygen atoms in total. The molecular weight excluding hydrogens is 503 g/mol. The summed E-state index contributed by atoms with van der Waals surface area (Å²) in [7, 11) is -4.64. The van der Waals surface area contributed by atoms with Crippen LogP contribution in [0.1, 0.15) is 83.6 Å². The molecule has 5 N–H and O–H groups in total. The minimum Gasteiger partial charge on any atom is -0.462 e. The first kappa shape index (κ1) is 28.5. The van der Waals surface area contributed by atoms with Crippen molar-refractivity contribution in [3.63, 3.8) is 0 Å². The number of esters is 1. The van der Waals surface area contributed by atoms with Gasteiger partial charge in [0.05, 0.1) is 18.0 Å². The molecule has 0 aromatic carbocycles. The highest BCUT2D eigenvalue weighted by Crippen LogP contribution is 2.70. The fraction of sp³-hybridized carbons (Fsp3) is 0.769. The Morgan fingerprint density at radius 1 is 1.08 bits per heavy atom. The average molecular weight is 543 g/mol. The van der Waals surface area contributed by atoms with Gasteiger partial charge in [0.2, 0.25) is 0 Å². The van der Waals surface area contributed by atoms with Gasteiger partial charge < -0.3 is 34.0 Å². The van der Waals surface area contributed by atoms with Gasteiger partial charge in [-0.05, 0) is 79.7 Å². The molecule has 1 aromatic rings. The molecule has 1 aromatic heterocycles. The number of aliphatic hydroxyl groups excluding tert-OH is 1. The molecule has 4 saturated carbocycles. The topological polar surface area (TPSA) is 175 Å². The summed E-state index contributed by atoms with van der Waals surface area (Å²) in [5, 5.41) is 22.7. The Balaban J connectivity index is 0.000000586. The highest BCUT2D eigenvalue weighted by Gasteiger charge is 2.70. The van der Waals surface area contributed by atoms with Crippen molar-refractivity contribution in [1.82, 2.24) is 0 Å². The predicted molar refractivity (Wildman–Crippen MR) is 132 cm³/mol. The summed E-state index contributed by atoms with van der Waals surface area (Å²) in [5.74, 6) is 0.469. The van der Waals surface area contributed by atoms with Crippen molar-refractivity contribution in [3.8, 4) is 0 Å². The fourth-order valence-electron chi connectivity index (χ4n) is 8.67. The van der Waals surface area contributed by atoms with Crippen LogP contribution in [-0.2, 0) is 14.1 Å². The molecule has 0 aliphatic heterocycles. The van der Waals surface area contributed by atoms with Gasteiger partial charge in [-0.2, -0.15) is 0 Å². The van der Waals surface area contributed by atoms with Gasteiger partial charge in [0, 0.05) is 30.7 Å². The van der Waals surface area contributed by atoms with Crippen LogP contribution in [0.3, 0.4) is 0 Å². The Bertz CT molecular complexity index is 1090. The Morgan fingerprint density at radius 2 is 1.76 bits per heavy atom. The summed E-state index contributed by atoms with van der Waals surface area (Å²) in [6.45, 7) is 5.94. The molecule has 0 amide bonds. The van der Waals surface area contributed by atoms with E-state index in [2.05, 4.69) is 13.8 Å². The van der Waals surface area contributed by atoms with E-state index in [1.54, 1.807) is 6.07 Å². The average Bonchev–Trinajstić information content (AvgIpc) is 3.00. The van der Waals surface area contributed by atoms with E-state index in [9.17, 15) is 19.8 Å². The van der Waals surface area contributed by atoms with Crippen LogP contribution in [-0.4, -0.2) is 48.7 Å². The number of hydrogen-bond acceptors (Lipinski definition) is 7. The van der Waals surface area contributed by atoms with E-state index in [-0.39, 0.29) is 29.3 Å². The number of rotatable bonds is 2. The zero-order chi connectivity index (χ0) is 27.4. The van der Waals surface area contributed by atoms with E-state index < -0.39 is 30.6 Å². The highest BCUT2D eigenvalue weighted by atomic mass is 31.2. The summed E-state index contributed by atoms with van der Waals surface area (Å²) >= 11 is 0. The Kier molecular flexibility index (Phi) is 7.60. The minimum absolute atomic E-state index is 0.133. The molecule has 5 rings (SSSR count). The standard InChI is InChI=1S/C26H36O6.H3O4P/c1-15(27)32-21-13-26(30)20-6-5-17-12-18(28)8-10-24(17,2)19(20)9-11-25(26,3)23(21)16-4-7-22(29)31-14-16;1-5(2,3)4/h4,7,14,17-21,23,28,30H,5-6,8-13H2,1-3H3;(H3,1,2,3,4)/t17-,18+,19+,20-,21+,23+,24+,25-,26+;/m1./s1. The number of carbonyl (C=O) groups excluding carboxylic acids is 1. The summed E-state index contributed by atoms with van der Waals surface area (Å²) in [6.07, 6.45) is 7.78. The summed E-state index contributed by atoms with van der Waals surface area (Å²) in [4.78, 5) is 45.1. The third-order valence-electron chi connectivity index (χ3n) is 10.2. The maximum absolute atomic E-state index is 12.5. The highest BCUT2D eigenvalue weighted by molar-refractivity contribution is 7.45. The van der Waals surface area contributed by atoms with E-state index >= 15 is 0 Å². The van der Waals surface area contributed by atoms with E-state index in [1.165, 1.54) is 19.3 Å². The second-order valence-electron chi connectivity index (χ2n) is 12.0. The third kappa shape index (κ3) is 5.21. The molecule has 37 heavy (non-hydrogen) atoms.